The Morgan fingerprint density at radius 2 is 1.65 bits per heavy atom. The van der Waals surface area contributed by atoms with Gasteiger partial charge in [-0.2, -0.15) is 0 Å². The smallest absolute Gasteiger partial charge is 0.253 e. The van der Waals surface area contributed by atoms with Crippen molar-refractivity contribution >= 4 is 11.8 Å². The highest BCUT2D eigenvalue weighted by Crippen LogP contribution is 2.39. The van der Waals surface area contributed by atoms with E-state index in [1.54, 1.807) is 0 Å². The van der Waals surface area contributed by atoms with Crippen LogP contribution in [0.25, 0.3) is 0 Å². The standard InChI is InChI=1S/C31H42N4O2/c1-4-24(3)28-30(37)35(27-14-18-33(19-15-27)22-25-8-6-5-7-9-25)31(32-28)16-20-34(21-17-31)29(36)26-12-10-23(2)11-13-26/h5-13,24,27-28,32H,4,14-22H2,1-3H3/t24-,28-/m0/s1. The normalized spacial score (nSPS) is 23.5. The molecule has 0 aliphatic carbocycles. The summed E-state index contributed by atoms with van der Waals surface area (Å²) >= 11 is 0. The first-order chi connectivity index (χ1) is 17.9. The van der Waals surface area contributed by atoms with Crippen LogP contribution in [0.4, 0.5) is 0 Å². The van der Waals surface area contributed by atoms with E-state index < -0.39 is 0 Å². The van der Waals surface area contributed by atoms with E-state index in [0.717, 1.165) is 62.9 Å². The summed E-state index contributed by atoms with van der Waals surface area (Å²) in [7, 11) is 0. The van der Waals surface area contributed by atoms with E-state index in [1.807, 2.05) is 36.1 Å². The van der Waals surface area contributed by atoms with Crippen molar-refractivity contribution in [1.29, 1.82) is 0 Å². The van der Waals surface area contributed by atoms with Gasteiger partial charge in [0.1, 0.15) is 0 Å². The van der Waals surface area contributed by atoms with E-state index in [-0.39, 0.29) is 29.6 Å². The van der Waals surface area contributed by atoms with Crippen LogP contribution in [0.1, 0.15) is 67.4 Å². The van der Waals surface area contributed by atoms with Crippen LogP contribution < -0.4 is 5.32 Å². The van der Waals surface area contributed by atoms with Crippen LogP contribution >= 0.6 is 0 Å². The quantitative estimate of drug-likeness (QED) is 0.635. The maximum absolute atomic E-state index is 13.9. The largest absolute Gasteiger partial charge is 0.338 e. The van der Waals surface area contributed by atoms with Gasteiger partial charge < -0.3 is 9.80 Å². The van der Waals surface area contributed by atoms with Crippen LogP contribution in [0.15, 0.2) is 54.6 Å². The van der Waals surface area contributed by atoms with Crippen molar-refractivity contribution in [1.82, 2.24) is 20.0 Å². The topological polar surface area (TPSA) is 55.9 Å². The minimum Gasteiger partial charge on any atom is -0.338 e. The van der Waals surface area contributed by atoms with Gasteiger partial charge in [0.25, 0.3) is 5.91 Å². The molecule has 1 spiro atoms. The monoisotopic (exact) mass is 502 g/mol. The molecule has 0 saturated carbocycles. The second kappa shape index (κ2) is 11.0. The average Bonchev–Trinajstić information content (AvgIpc) is 3.21. The van der Waals surface area contributed by atoms with E-state index in [9.17, 15) is 9.59 Å². The number of carbonyl (C=O) groups excluding carboxylic acids is 2. The number of nitrogens with one attached hydrogen (secondary N) is 1. The van der Waals surface area contributed by atoms with E-state index in [4.69, 9.17) is 0 Å². The van der Waals surface area contributed by atoms with Gasteiger partial charge in [-0.25, -0.2) is 0 Å². The highest BCUT2D eigenvalue weighted by Gasteiger charge is 2.55. The van der Waals surface area contributed by atoms with E-state index in [2.05, 4.69) is 59.3 Å². The number of benzene rings is 2. The second-order valence-corrected chi connectivity index (χ2v) is 11.4. The molecule has 3 heterocycles. The summed E-state index contributed by atoms with van der Waals surface area (Å²) in [6, 6.07) is 18.6. The van der Waals surface area contributed by atoms with Crippen LogP contribution in [-0.2, 0) is 11.3 Å². The van der Waals surface area contributed by atoms with E-state index >= 15 is 0 Å². The van der Waals surface area contributed by atoms with Gasteiger partial charge in [0.05, 0.1) is 11.7 Å². The van der Waals surface area contributed by atoms with Crippen molar-refractivity contribution in [2.75, 3.05) is 26.2 Å². The SMILES string of the molecule is CC[C@H](C)[C@@H]1NC2(CCN(C(=O)c3ccc(C)cc3)CC2)N(C2CCN(Cc3ccccc3)CC2)C1=O. The van der Waals surface area contributed by atoms with Gasteiger partial charge in [-0.3, -0.25) is 19.8 Å². The minimum absolute atomic E-state index is 0.0958. The molecule has 3 aliphatic heterocycles. The molecule has 0 radical (unpaired) electrons. The van der Waals surface area contributed by atoms with E-state index in [1.165, 1.54) is 5.56 Å². The lowest BCUT2D eigenvalue weighted by atomic mass is 9.91. The van der Waals surface area contributed by atoms with Crippen LogP contribution in [0.3, 0.4) is 0 Å². The summed E-state index contributed by atoms with van der Waals surface area (Å²) in [6.07, 6.45) is 4.55. The Labute approximate surface area is 222 Å². The molecule has 0 unspecified atom stereocenters. The van der Waals surface area contributed by atoms with Crippen molar-refractivity contribution in [3.63, 3.8) is 0 Å². The zero-order valence-electron chi connectivity index (χ0n) is 22.7. The molecule has 3 fully saturated rings. The molecule has 6 nitrogen and oxygen atoms in total. The zero-order valence-corrected chi connectivity index (χ0v) is 22.7. The summed E-state index contributed by atoms with van der Waals surface area (Å²) < 4.78 is 0. The molecule has 2 amide bonds. The Hall–Kier alpha value is -2.70. The number of carbonyl (C=O) groups is 2. The lowest BCUT2D eigenvalue weighted by molar-refractivity contribution is -0.138. The first-order valence-corrected chi connectivity index (χ1v) is 14.1. The fraction of sp³-hybridized carbons (Fsp3) is 0.548. The number of rotatable bonds is 6. The van der Waals surface area contributed by atoms with Crippen LogP contribution in [0.5, 0.6) is 0 Å². The summed E-state index contributed by atoms with van der Waals surface area (Å²) in [6.45, 7) is 10.7. The molecule has 5 rings (SSSR count). The molecule has 3 saturated heterocycles. The first-order valence-electron chi connectivity index (χ1n) is 14.1. The molecule has 1 N–H and O–H groups in total. The number of nitrogens with zero attached hydrogens (tertiary/aromatic N) is 3. The molecule has 3 aliphatic rings. The van der Waals surface area contributed by atoms with Crippen LogP contribution in [0, 0.1) is 12.8 Å². The number of hydrogen-bond acceptors (Lipinski definition) is 4. The summed E-state index contributed by atoms with van der Waals surface area (Å²) in [5.74, 6) is 0.660. The predicted octanol–water partition coefficient (Wildman–Crippen LogP) is 4.44. The van der Waals surface area contributed by atoms with Crippen molar-refractivity contribution in [3.8, 4) is 0 Å². The molecular formula is C31H42N4O2. The fourth-order valence-corrected chi connectivity index (χ4v) is 6.45. The van der Waals surface area contributed by atoms with E-state index in [0.29, 0.717) is 19.0 Å². The summed E-state index contributed by atoms with van der Waals surface area (Å²) in [5, 5.41) is 3.84. The Morgan fingerprint density at radius 3 is 2.27 bits per heavy atom. The molecular weight excluding hydrogens is 460 g/mol. The molecule has 0 aromatic heterocycles. The van der Waals surface area contributed by atoms with Gasteiger partial charge in [0, 0.05) is 57.2 Å². The molecule has 2 aromatic carbocycles. The molecule has 198 valence electrons. The van der Waals surface area contributed by atoms with Gasteiger partial charge in [-0.05, 0) is 43.4 Å². The maximum atomic E-state index is 13.9. The molecule has 2 atom stereocenters. The van der Waals surface area contributed by atoms with Gasteiger partial charge in [-0.1, -0.05) is 68.3 Å². The lowest BCUT2D eigenvalue weighted by Gasteiger charge is -2.49. The third-order valence-corrected chi connectivity index (χ3v) is 8.95. The molecule has 6 heteroatoms. The number of likely N-dealkylation sites (tertiary alicyclic amines) is 2. The average molecular weight is 503 g/mol. The van der Waals surface area contributed by atoms with Crippen molar-refractivity contribution in [2.24, 2.45) is 5.92 Å². The lowest BCUT2D eigenvalue weighted by Crippen LogP contribution is -2.63. The number of hydrogen-bond donors (Lipinski definition) is 1. The van der Waals surface area contributed by atoms with Crippen LogP contribution in [-0.4, -0.2) is 70.4 Å². The maximum Gasteiger partial charge on any atom is 0.253 e. The minimum atomic E-state index is -0.346. The van der Waals surface area contributed by atoms with Crippen molar-refractivity contribution in [2.45, 2.75) is 77.2 Å². The highest BCUT2D eigenvalue weighted by atomic mass is 16.2. The number of amides is 2. The highest BCUT2D eigenvalue weighted by molar-refractivity contribution is 5.94. The number of aryl methyl sites for hydroxylation is 1. The Morgan fingerprint density at radius 1 is 1.00 bits per heavy atom. The molecule has 0 bridgehead atoms. The Kier molecular flexibility index (Phi) is 7.68. The summed E-state index contributed by atoms with van der Waals surface area (Å²) in [4.78, 5) is 33.8. The zero-order chi connectivity index (χ0) is 26.0. The van der Waals surface area contributed by atoms with Crippen molar-refractivity contribution in [3.05, 3.63) is 71.3 Å². The Bertz CT molecular complexity index is 1070. The fourth-order valence-electron chi connectivity index (χ4n) is 6.45. The molecule has 2 aromatic rings. The summed E-state index contributed by atoms with van der Waals surface area (Å²) in [5.41, 5.74) is 2.90. The molecule has 37 heavy (non-hydrogen) atoms. The van der Waals surface area contributed by atoms with Crippen molar-refractivity contribution < 1.29 is 9.59 Å². The van der Waals surface area contributed by atoms with Crippen LogP contribution in [0.2, 0.25) is 0 Å². The van der Waals surface area contributed by atoms with Gasteiger partial charge in [0.2, 0.25) is 5.91 Å². The Balaban J connectivity index is 1.28. The number of piperidine rings is 2. The first kappa shape index (κ1) is 25.9. The predicted molar refractivity (Wildman–Crippen MR) is 147 cm³/mol. The third kappa shape index (κ3) is 5.32. The van der Waals surface area contributed by atoms with Gasteiger partial charge in [-0.15, -0.1) is 0 Å². The van der Waals surface area contributed by atoms with Gasteiger partial charge >= 0.3 is 0 Å². The van der Waals surface area contributed by atoms with Gasteiger partial charge in [0.15, 0.2) is 0 Å². The second-order valence-electron chi connectivity index (χ2n) is 11.4. The third-order valence-electron chi connectivity index (χ3n) is 8.95.